The Labute approximate surface area is 108 Å². The number of hydrogen-bond acceptors (Lipinski definition) is 4. The van der Waals surface area contributed by atoms with Crippen LogP contribution < -0.4 is 5.56 Å². The summed E-state index contributed by atoms with van der Waals surface area (Å²) in [5.74, 6) is 0.514. The van der Waals surface area contributed by atoms with Gasteiger partial charge in [-0.2, -0.15) is 0 Å². The van der Waals surface area contributed by atoms with Gasteiger partial charge in [-0.15, -0.1) is 0 Å². The minimum Gasteiger partial charge on any atom is -0.299 e. The SMILES string of the molecule is CCc1nc2c(S(=O)(=O)Cl)cccc2c(=O)n1C. The standard InChI is InChI=1S/C11H11ClN2O3S/c1-3-9-13-10-7(11(15)14(9)2)5-4-6-8(10)18(12,16)17/h4-6H,3H2,1-2H3. The van der Waals surface area contributed by atoms with Crippen LogP contribution in [-0.4, -0.2) is 18.0 Å². The predicted octanol–water partition coefficient (Wildman–Crippen LogP) is 1.42. The fraction of sp³-hybridized carbons (Fsp3) is 0.273. The number of aromatic nitrogens is 2. The number of benzene rings is 1. The van der Waals surface area contributed by atoms with Crippen LogP contribution in [-0.2, 0) is 22.5 Å². The van der Waals surface area contributed by atoms with Gasteiger partial charge in [0.05, 0.1) is 10.9 Å². The molecule has 0 N–H and O–H groups in total. The van der Waals surface area contributed by atoms with Crippen LogP contribution in [0.25, 0.3) is 10.9 Å². The molecular formula is C11H11ClN2O3S. The highest BCUT2D eigenvalue weighted by Crippen LogP contribution is 2.22. The number of hydrogen-bond donors (Lipinski definition) is 0. The van der Waals surface area contributed by atoms with Gasteiger partial charge in [-0.25, -0.2) is 13.4 Å². The smallest absolute Gasteiger partial charge is 0.263 e. The summed E-state index contributed by atoms with van der Waals surface area (Å²) < 4.78 is 24.3. The molecule has 96 valence electrons. The number of halogens is 1. The molecule has 0 amide bonds. The molecule has 0 aliphatic rings. The van der Waals surface area contributed by atoms with E-state index in [1.807, 2.05) is 6.92 Å². The highest BCUT2D eigenvalue weighted by atomic mass is 35.7. The van der Waals surface area contributed by atoms with E-state index in [1.165, 1.54) is 22.8 Å². The van der Waals surface area contributed by atoms with E-state index >= 15 is 0 Å². The lowest BCUT2D eigenvalue weighted by atomic mass is 10.2. The Hall–Kier alpha value is -1.40. The summed E-state index contributed by atoms with van der Waals surface area (Å²) >= 11 is 0. The first-order valence-corrected chi connectivity index (χ1v) is 7.60. The van der Waals surface area contributed by atoms with Crippen LogP contribution in [0, 0.1) is 0 Å². The van der Waals surface area contributed by atoms with Crippen molar-refractivity contribution < 1.29 is 8.42 Å². The summed E-state index contributed by atoms with van der Waals surface area (Å²) in [6.07, 6.45) is 0.526. The normalized spacial score (nSPS) is 11.9. The number of nitrogens with zero attached hydrogens (tertiary/aromatic N) is 2. The topological polar surface area (TPSA) is 69.0 Å². The molecule has 7 heteroatoms. The highest BCUT2D eigenvalue weighted by Gasteiger charge is 2.18. The second-order valence-electron chi connectivity index (χ2n) is 3.84. The predicted molar refractivity (Wildman–Crippen MR) is 69.4 cm³/mol. The lowest BCUT2D eigenvalue weighted by Gasteiger charge is -2.08. The largest absolute Gasteiger partial charge is 0.299 e. The molecule has 0 aliphatic heterocycles. The van der Waals surface area contributed by atoms with Crippen LogP contribution in [0.1, 0.15) is 12.7 Å². The minimum absolute atomic E-state index is 0.130. The lowest BCUT2D eigenvalue weighted by Crippen LogP contribution is -2.22. The van der Waals surface area contributed by atoms with Gasteiger partial charge in [-0.05, 0) is 12.1 Å². The molecule has 0 atom stereocenters. The molecule has 0 aliphatic carbocycles. The zero-order valence-corrected chi connectivity index (χ0v) is 11.4. The van der Waals surface area contributed by atoms with E-state index in [0.29, 0.717) is 12.2 Å². The third-order valence-corrected chi connectivity index (χ3v) is 4.09. The second-order valence-corrected chi connectivity index (χ2v) is 6.37. The maximum atomic E-state index is 12.1. The summed E-state index contributed by atoms with van der Waals surface area (Å²) in [5.41, 5.74) is -0.147. The van der Waals surface area contributed by atoms with Gasteiger partial charge in [-0.1, -0.05) is 13.0 Å². The van der Waals surface area contributed by atoms with Crippen LogP contribution >= 0.6 is 10.7 Å². The molecule has 18 heavy (non-hydrogen) atoms. The summed E-state index contributed by atoms with van der Waals surface area (Å²) in [4.78, 5) is 16.2. The summed E-state index contributed by atoms with van der Waals surface area (Å²) in [5, 5.41) is 0.247. The molecule has 0 bridgehead atoms. The number of rotatable bonds is 2. The van der Waals surface area contributed by atoms with E-state index in [2.05, 4.69) is 4.98 Å². The molecule has 2 rings (SSSR count). The van der Waals surface area contributed by atoms with Gasteiger partial charge in [0.2, 0.25) is 0 Å². The summed E-state index contributed by atoms with van der Waals surface area (Å²) in [7, 11) is 3.03. The van der Waals surface area contributed by atoms with E-state index in [0.717, 1.165) is 0 Å². The monoisotopic (exact) mass is 286 g/mol. The lowest BCUT2D eigenvalue weighted by molar-refractivity contribution is 0.610. The van der Waals surface area contributed by atoms with Crippen molar-refractivity contribution in [2.45, 2.75) is 18.2 Å². The van der Waals surface area contributed by atoms with Crippen LogP contribution in [0.4, 0.5) is 0 Å². The molecule has 1 aromatic carbocycles. The molecule has 0 spiro atoms. The Morgan fingerprint density at radius 3 is 2.61 bits per heavy atom. The fourth-order valence-corrected chi connectivity index (χ4v) is 2.83. The third-order valence-electron chi connectivity index (χ3n) is 2.74. The number of aryl methyl sites for hydroxylation is 1. The number of fused-ring (bicyclic) bond motifs is 1. The zero-order valence-electron chi connectivity index (χ0n) is 9.84. The van der Waals surface area contributed by atoms with Crippen molar-refractivity contribution in [2.24, 2.45) is 7.05 Å². The van der Waals surface area contributed by atoms with Gasteiger partial charge in [0, 0.05) is 24.2 Å². The Bertz CT molecular complexity index is 781. The first-order valence-electron chi connectivity index (χ1n) is 5.29. The van der Waals surface area contributed by atoms with Gasteiger partial charge in [0.1, 0.15) is 10.7 Å². The first kappa shape index (κ1) is 13.0. The average molecular weight is 287 g/mol. The fourth-order valence-electron chi connectivity index (χ4n) is 1.83. The van der Waals surface area contributed by atoms with E-state index in [9.17, 15) is 13.2 Å². The minimum atomic E-state index is -3.92. The van der Waals surface area contributed by atoms with E-state index < -0.39 is 9.05 Å². The van der Waals surface area contributed by atoms with Crippen LogP contribution in [0.5, 0.6) is 0 Å². The van der Waals surface area contributed by atoms with Crippen molar-refractivity contribution in [3.05, 3.63) is 34.4 Å². The molecule has 0 fully saturated rings. The Morgan fingerprint density at radius 2 is 2.06 bits per heavy atom. The summed E-state index contributed by atoms with van der Waals surface area (Å²) in [6.45, 7) is 1.84. The van der Waals surface area contributed by atoms with Crippen LogP contribution in [0.15, 0.2) is 27.9 Å². The van der Waals surface area contributed by atoms with Crippen LogP contribution in [0.3, 0.4) is 0 Å². The second kappa shape index (κ2) is 4.37. The van der Waals surface area contributed by atoms with E-state index in [4.69, 9.17) is 10.7 Å². The summed E-state index contributed by atoms with van der Waals surface area (Å²) in [6, 6.07) is 4.36. The van der Waals surface area contributed by atoms with Crippen molar-refractivity contribution >= 4 is 30.6 Å². The molecule has 2 aromatic rings. The molecule has 0 unspecified atom stereocenters. The van der Waals surface area contributed by atoms with E-state index in [1.54, 1.807) is 7.05 Å². The van der Waals surface area contributed by atoms with E-state index in [-0.39, 0.29) is 21.4 Å². The van der Waals surface area contributed by atoms with Gasteiger partial charge in [-0.3, -0.25) is 9.36 Å². The van der Waals surface area contributed by atoms with Gasteiger partial charge < -0.3 is 0 Å². The third kappa shape index (κ3) is 2.02. The molecule has 0 saturated carbocycles. The van der Waals surface area contributed by atoms with Gasteiger partial charge >= 0.3 is 0 Å². The highest BCUT2D eigenvalue weighted by molar-refractivity contribution is 8.14. The van der Waals surface area contributed by atoms with Crippen molar-refractivity contribution in [3.8, 4) is 0 Å². The van der Waals surface area contributed by atoms with Crippen LogP contribution in [0.2, 0.25) is 0 Å². The van der Waals surface area contributed by atoms with Crippen molar-refractivity contribution in [1.29, 1.82) is 0 Å². The maximum Gasteiger partial charge on any atom is 0.263 e. The molecular weight excluding hydrogens is 276 g/mol. The molecule has 0 saturated heterocycles. The van der Waals surface area contributed by atoms with Gasteiger partial charge in [0.15, 0.2) is 0 Å². The molecule has 5 nitrogen and oxygen atoms in total. The average Bonchev–Trinajstić information content (AvgIpc) is 2.31. The quantitative estimate of drug-likeness (QED) is 0.783. The van der Waals surface area contributed by atoms with Crippen molar-refractivity contribution in [3.63, 3.8) is 0 Å². The van der Waals surface area contributed by atoms with Gasteiger partial charge in [0.25, 0.3) is 14.6 Å². The van der Waals surface area contributed by atoms with Crippen molar-refractivity contribution in [2.75, 3.05) is 0 Å². The molecule has 1 heterocycles. The first-order chi connectivity index (χ1) is 8.36. The molecule has 0 radical (unpaired) electrons. The number of para-hydroxylation sites is 1. The molecule has 1 aromatic heterocycles. The zero-order chi connectivity index (χ0) is 13.5. The maximum absolute atomic E-state index is 12.1. The van der Waals surface area contributed by atoms with Crippen molar-refractivity contribution in [1.82, 2.24) is 9.55 Å². The Morgan fingerprint density at radius 1 is 1.39 bits per heavy atom. The Kier molecular flexibility index (Phi) is 3.16. The Balaban J connectivity index is 3.04.